The Morgan fingerprint density at radius 3 is 2.49 bits per heavy atom. The van der Waals surface area contributed by atoms with Crippen LogP contribution in [0, 0.1) is 0 Å². The summed E-state index contributed by atoms with van der Waals surface area (Å²) in [6.45, 7) is 4.86. The van der Waals surface area contributed by atoms with Gasteiger partial charge >= 0.3 is 0 Å². The second kappa shape index (κ2) is 11.6. The van der Waals surface area contributed by atoms with Gasteiger partial charge in [0.25, 0.3) is 0 Å². The topological polar surface area (TPSA) is 47.1 Å². The molecule has 3 aromatic rings. The van der Waals surface area contributed by atoms with Crippen molar-refractivity contribution < 1.29 is 14.2 Å². The van der Waals surface area contributed by atoms with Gasteiger partial charge in [-0.25, -0.2) is 0 Å². The number of benzene rings is 2. The molecule has 6 heteroatoms. The van der Waals surface area contributed by atoms with Gasteiger partial charge in [0, 0.05) is 49.3 Å². The Balaban J connectivity index is 1.42. The van der Waals surface area contributed by atoms with Crippen molar-refractivity contribution in [2.24, 2.45) is 0 Å². The predicted octanol–water partition coefficient (Wildman–Crippen LogP) is 5.93. The van der Waals surface area contributed by atoms with Crippen molar-refractivity contribution in [2.45, 2.75) is 51.5 Å². The van der Waals surface area contributed by atoms with Crippen molar-refractivity contribution in [1.29, 1.82) is 0 Å². The number of aromatic nitrogens is 1. The summed E-state index contributed by atoms with van der Waals surface area (Å²) in [5.41, 5.74) is 4.66. The molecule has 3 heterocycles. The molecule has 2 aliphatic heterocycles. The number of rotatable bonds is 9. The average Bonchev–Trinajstić information content (AvgIpc) is 3.42. The fourth-order valence-corrected chi connectivity index (χ4v) is 4.87. The largest absolute Gasteiger partial charge is 0.493 e. The van der Waals surface area contributed by atoms with Crippen molar-refractivity contribution in [1.82, 2.24) is 9.88 Å². The number of likely N-dealkylation sites (tertiary alicyclic amines) is 1. The molecule has 0 radical (unpaired) electrons. The van der Waals surface area contributed by atoms with E-state index in [0.29, 0.717) is 18.0 Å². The molecule has 1 unspecified atom stereocenters. The minimum atomic E-state index is -0.222. The molecule has 184 valence electrons. The SMILES string of the molecule is COc1ccc(N(Cc2cccnc2)c2ccc(CN3CCCCC3)cc2)cc1OC1CCCO1. The number of piperidine rings is 1. The predicted molar refractivity (Wildman–Crippen MR) is 138 cm³/mol. The highest BCUT2D eigenvalue weighted by atomic mass is 16.7. The van der Waals surface area contributed by atoms with E-state index in [4.69, 9.17) is 14.2 Å². The number of hydrogen-bond donors (Lipinski definition) is 0. The Kier molecular flexibility index (Phi) is 7.81. The third-order valence-corrected chi connectivity index (χ3v) is 6.77. The summed E-state index contributed by atoms with van der Waals surface area (Å²) >= 11 is 0. The van der Waals surface area contributed by atoms with Gasteiger partial charge in [-0.3, -0.25) is 9.88 Å². The molecule has 2 fully saturated rings. The van der Waals surface area contributed by atoms with Gasteiger partial charge in [0.05, 0.1) is 13.7 Å². The molecule has 0 saturated carbocycles. The summed E-state index contributed by atoms with van der Waals surface area (Å²) in [7, 11) is 1.67. The molecule has 1 aromatic heterocycles. The Morgan fingerprint density at radius 2 is 1.77 bits per heavy atom. The molecule has 2 aromatic carbocycles. The quantitative estimate of drug-likeness (QED) is 0.384. The Bertz CT molecular complexity index is 1060. The normalized spacial score (nSPS) is 18.4. The molecule has 0 amide bonds. The Hall–Kier alpha value is -3.09. The van der Waals surface area contributed by atoms with Crippen molar-refractivity contribution in [3.8, 4) is 11.5 Å². The second-order valence-corrected chi connectivity index (χ2v) is 9.35. The number of hydrogen-bond acceptors (Lipinski definition) is 6. The number of ether oxygens (including phenoxy) is 3. The summed E-state index contributed by atoms with van der Waals surface area (Å²) in [6, 6.07) is 19.2. The monoisotopic (exact) mass is 473 g/mol. The van der Waals surface area contributed by atoms with Crippen LogP contribution in [0.25, 0.3) is 0 Å². The van der Waals surface area contributed by atoms with Crippen LogP contribution in [0.5, 0.6) is 11.5 Å². The van der Waals surface area contributed by atoms with Crippen LogP contribution < -0.4 is 14.4 Å². The van der Waals surface area contributed by atoms with Crippen LogP contribution in [0.3, 0.4) is 0 Å². The first-order valence-corrected chi connectivity index (χ1v) is 12.7. The molecule has 6 nitrogen and oxygen atoms in total. The van der Waals surface area contributed by atoms with Gasteiger partial charge in [-0.1, -0.05) is 24.6 Å². The lowest BCUT2D eigenvalue weighted by Crippen LogP contribution is -2.29. The number of pyridine rings is 1. The molecule has 2 aliphatic rings. The first kappa shape index (κ1) is 23.6. The van der Waals surface area contributed by atoms with E-state index < -0.39 is 0 Å². The molecular formula is C29H35N3O3. The number of anilines is 2. The summed E-state index contributed by atoms with van der Waals surface area (Å²) in [6.07, 6.45) is 9.40. The molecule has 35 heavy (non-hydrogen) atoms. The minimum Gasteiger partial charge on any atom is -0.493 e. The second-order valence-electron chi connectivity index (χ2n) is 9.35. The van der Waals surface area contributed by atoms with Crippen LogP contribution in [0.15, 0.2) is 67.0 Å². The lowest BCUT2D eigenvalue weighted by Gasteiger charge is -2.28. The van der Waals surface area contributed by atoms with Gasteiger partial charge < -0.3 is 19.1 Å². The maximum absolute atomic E-state index is 6.19. The van der Waals surface area contributed by atoms with Crippen molar-refractivity contribution in [2.75, 3.05) is 31.7 Å². The lowest BCUT2D eigenvalue weighted by molar-refractivity contribution is -0.0402. The molecular weight excluding hydrogens is 438 g/mol. The summed E-state index contributed by atoms with van der Waals surface area (Å²) < 4.78 is 17.5. The van der Waals surface area contributed by atoms with Crippen LogP contribution in [-0.4, -0.2) is 43.0 Å². The van der Waals surface area contributed by atoms with Gasteiger partial charge in [0.1, 0.15) is 0 Å². The van der Waals surface area contributed by atoms with Crippen LogP contribution >= 0.6 is 0 Å². The Morgan fingerprint density at radius 1 is 0.943 bits per heavy atom. The van der Waals surface area contributed by atoms with E-state index in [9.17, 15) is 0 Å². The van der Waals surface area contributed by atoms with Gasteiger partial charge in [-0.05, 0) is 73.8 Å². The molecule has 2 saturated heterocycles. The highest BCUT2D eigenvalue weighted by Crippen LogP contribution is 2.37. The van der Waals surface area contributed by atoms with Gasteiger partial charge in [0.15, 0.2) is 17.8 Å². The summed E-state index contributed by atoms with van der Waals surface area (Å²) in [5, 5.41) is 0. The van der Waals surface area contributed by atoms with Crippen molar-refractivity contribution in [3.63, 3.8) is 0 Å². The standard InChI is InChI=1S/C29H35N3O3/c1-33-27-14-13-26(19-28(27)35-29-8-6-18-34-29)32(22-24-7-5-15-30-20-24)25-11-9-23(10-12-25)21-31-16-3-2-4-17-31/h5,7,9-15,19-20,29H,2-4,6,8,16-18,21-22H2,1H3. The van der Waals surface area contributed by atoms with E-state index in [1.807, 2.05) is 24.5 Å². The van der Waals surface area contributed by atoms with Crippen molar-refractivity contribution in [3.05, 3.63) is 78.1 Å². The van der Waals surface area contributed by atoms with E-state index in [-0.39, 0.29) is 6.29 Å². The molecule has 5 rings (SSSR count). The highest BCUT2D eigenvalue weighted by Gasteiger charge is 2.21. The fourth-order valence-electron chi connectivity index (χ4n) is 4.87. The van der Waals surface area contributed by atoms with Crippen LogP contribution in [-0.2, 0) is 17.8 Å². The van der Waals surface area contributed by atoms with Gasteiger partial charge in [-0.15, -0.1) is 0 Å². The maximum Gasteiger partial charge on any atom is 0.200 e. The zero-order valence-corrected chi connectivity index (χ0v) is 20.6. The zero-order valence-electron chi connectivity index (χ0n) is 20.6. The third-order valence-electron chi connectivity index (χ3n) is 6.77. The van der Waals surface area contributed by atoms with Gasteiger partial charge in [-0.2, -0.15) is 0 Å². The van der Waals surface area contributed by atoms with Crippen molar-refractivity contribution >= 4 is 11.4 Å². The first-order chi connectivity index (χ1) is 17.3. The summed E-state index contributed by atoms with van der Waals surface area (Å²) in [4.78, 5) is 9.18. The molecule has 1 atom stereocenters. The van der Waals surface area contributed by atoms with E-state index in [2.05, 4.69) is 57.2 Å². The number of nitrogens with zero attached hydrogens (tertiary/aromatic N) is 3. The van der Waals surface area contributed by atoms with E-state index in [1.54, 1.807) is 7.11 Å². The number of methoxy groups -OCH3 is 1. The molecule has 0 N–H and O–H groups in total. The molecule has 0 bridgehead atoms. The lowest BCUT2D eigenvalue weighted by atomic mass is 10.1. The Labute approximate surface area is 208 Å². The fraction of sp³-hybridized carbons (Fsp3) is 0.414. The third kappa shape index (κ3) is 6.13. The zero-order chi connectivity index (χ0) is 23.9. The minimum absolute atomic E-state index is 0.222. The highest BCUT2D eigenvalue weighted by molar-refractivity contribution is 5.67. The molecule has 0 spiro atoms. The maximum atomic E-state index is 6.19. The van der Waals surface area contributed by atoms with Crippen LogP contribution in [0.1, 0.15) is 43.2 Å². The van der Waals surface area contributed by atoms with Crippen LogP contribution in [0.4, 0.5) is 11.4 Å². The molecule has 0 aliphatic carbocycles. The summed E-state index contributed by atoms with van der Waals surface area (Å²) in [5.74, 6) is 1.41. The van der Waals surface area contributed by atoms with E-state index in [1.165, 1.54) is 37.9 Å². The van der Waals surface area contributed by atoms with E-state index >= 15 is 0 Å². The van der Waals surface area contributed by atoms with Gasteiger partial charge in [0.2, 0.25) is 0 Å². The smallest absolute Gasteiger partial charge is 0.200 e. The van der Waals surface area contributed by atoms with E-state index in [0.717, 1.165) is 42.9 Å². The average molecular weight is 474 g/mol. The van der Waals surface area contributed by atoms with Crippen LogP contribution in [0.2, 0.25) is 0 Å². The first-order valence-electron chi connectivity index (χ1n) is 12.7.